The van der Waals surface area contributed by atoms with E-state index in [1.807, 2.05) is 0 Å². The third-order valence-corrected chi connectivity index (χ3v) is 5.57. The Morgan fingerprint density at radius 3 is 1.31 bits per heavy atom. The number of unbranched alkanes of at least 4 members (excludes halogenated alkanes) is 13. The summed E-state index contributed by atoms with van der Waals surface area (Å²) in [6, 6.07) is 0. The van der Waals surface area contributed by atoms with Crippen LogP contribution in [0.5, 0.6) is 0 Å². The predicted octanol–water partition coefficient (Wildman–Crippen LogP) is 7.25. The smallest absolute Gasteiger partial charge is 0.305 e. The van der Waals surface area contributed by atoms with Gasteiger partial charge in [0.05, 0.1) is 33.0 Å². The van der Waals surface area contributed by atoms with Gasteiger partial charge >= 0.3 is 5.97 Å². The molecule has 0 heterocycles. The molecule has 0 aromatic heterocycles. The molecule has 0 rings (SSSR count). The zero-order valence-electron chi connectivity index (χ0n) is 21.5. The molecule has 0 aliphatic rings. The molecule has 0 spiro atoms. The molecule has 0 N–H and O–H groups in total. The summed E-state index contributed by atoms with van der Waals surface area (Å²) in [4.78, 5) is 11.6. The number of ether oxygens (including phenoxy) is 4. The van der Waals surface area contributed by atoms with Crippen LogP contribution in [-0.2, 0) is 23.7 Å². The second-order valence-electron chi connectivity index (χ2n) is 8.76. The van der Waals surface area contributed by atoms with Crippen molar-refractivity contribution >= 4 is 5.97 Å². The van der Waals surface area contributed by atoms with Crippen LogP contribution >= 0.6 is 0 Å². The van der Waals surface area contributed by atoms with Gasteiger partial charge in [-0.15, -0.1) is 0 Å². The molecule has 0 aliphatic heterocycles. The van der Waals surface area contributed by atoms with Gasteiger partial charge in [0, 0.05) is 19.6 Å². The van der Waals surface area contributed by atoms with Crippen LogP contribution in [0, 0.1) is 0 Å². The summed E-state index contributed by atoms with van der Waals surface area (Å²) in [6.07, 6.45) is 20.4. The highest BCUT2D eigenvalue weighted by molar-refractivity contribution is 5.69. The summed E-state index contributed by atoms with van der Waals surface area (Å²) in [7, 11) is 0. The fraction of sp³-hybridized carbons (Fsp3) is 0.963. The third kappa shape index (κ3) is 27.4. The van der Waals surface area contributed by atoms with Crippen LogP contribution in [-0.4, -0.2) is 52.2 Å². The summed E-state index contributed by atoms with van der Waals surface area (Å²) in [5, 5.41) is 0. The lowest BCUT2D eigenvalue weighted by Crippen LogP contribution is -2.11. The molecule has 0 unspecified atom stereocenters. The maximum absolute atomic E-state index is 11.6. The van der Waals surface area contributed by atoms with Gasteiger partial charge in [-0.1, -0.05) is 97.3 Å². The van der Waals surface area contributed by atoms with Crippen LogP contribution in [0.4, 0.5) is 0 Å². The van der Waals surface area contributed by atoms with Gasteiger partial charge in [0.1, 0.15) is 0 Å². The van der Waals surface area contributed by atoms with E-state index in [9.17, 15) is 4.79 Å². The van der Waals surface area contributed by atoms with E-state index in [4.69, 9.17) is 18.9 Å². The number of esters is 1. The average Bonchev–Trinajstić information content (AvgIpc) is 2.80. The van der Waals surface area contributed by atoms with Crippen molar-refractivity contribution in [2.45, 2.75) is 123 Å². The molecule has 0 atom stereocenters. The Morgan fingerprint density at radius 1 is 0.438 bits per heavy atom. The minimum Gasteiger partial charge on any atom is -0.466 e. The molecule has 5 heteroatoms. The molecule has 0 fully saturated rings. The highest BCUT2D eigenvalue weighted by atomic mass is 16.5. The normalized spacial score (nSPS) is 11.2. The quantitative estimate of drug-likeness (QED) is 0.0958. The number of carbonyl (C=O) groups excluding carboxylic acids is 1. The Balaban J connectivity index is 3.10. The largest absolute Gasteiger partial charge is 0.466 e. The molecule has 0 aliphatic carbocycles. The van der Waals surface area contributed by atoms with Gasteiger partial charge in [0.25, 0.3) is 0 Å². The number of rotatable bonds is 27. The van der Waals surface area contributed by atoms with E-state index >= 15 is 0 Å². The molecule has 0 saturated heterocycles. The zero-order chi connectivity index (χ0) is 23.4. The van der Waals surface area contributed by atoms with Crippen molar-refractivity contribution in [3.63, 3.8) is 0 Å². The Kier molecular flexibility index (Phi) is 27.8. The average molecular weight is 459 g/mol. The van der Waals surface area contributed by atoms with E-state index in [-0.39, 0.29) is 5.97 Å². The highest BCUT2D eigenvalue weighted by Gasteiger charge is 2.02. The Morgan fingerprint density at radius 2 is 0.812 bits per heavy atom. The molecule has 5 nitrogen and oxygen atoms in total. The van der Waals surface area contributed by atoms with Crippen LogP contribution in [0.1, 0.15) is 123 Å². The minimum absolute atomic E-state index is 0.109. The molecule has 32 heavy (non-hydrogen) atoms. The highest BCUT2D eigenvalue weighted by Crippen LogP contribution is 2.09. The predicted molar refractivity (Wildman–Crippen MR) is 133 cm³/mol. The third-order valence-electron chi connectivity index (χ3n) is 5.57. The molecular weight excluding hydrogens is 404 g/mol. The molecular formula is C27H54O5. The molecule has 0 saturated carbocycles. The van der Waals surface area contributed by atoms with Crippen LogP contribution < -0.4 is 0 Å². The van der Waals surface area contributed by atoms with E-state index in [0.717, 1.165) is 25.9 Å². The second kappa shape index (κ2) is 28.4. The summed E-state index contributed by atoms with van der Waals surface area (Å²) >= 11 is 0. The van der Waals surface area contributed by atoms with Crippen molar-refractivity contribution in [3.05, 3.63) is 0 Å². The van der Waals surface area contributed by atoms with Crippen LogP contribution in [0.3, 0.4) is 0 Å². The summed E-state index contributed by atoms with van der Waals surface area (Å²) in [6.45, 7) is 8.85. The van der Waals surface area contributed by atoms with E-state index in [1.54, 1.807) is 0 Å². The lowest BCUT2D eigenvalue weighted by atomic mass is 10.1. The molecule has 0 aromatic rings. The van der Waals surface area contributed by atoms with Gasteiger partial charge in [-0.2, -0.15) is 0 Å². The van der Waals surface area contributed by atoms with Gasteiger partial charge in [0.15, 0.2) is 0 Å². The van der Waals surface area contributed by atoms with Crippen molar-refractivity contribution < 1.29 is 23.7 Å². The lowest BCUT2D eigenvalue weighted by Gasteiger charge is -2.07. The minimum atomic E-state index is -0.109. The Hall–Kier alpha value is -0.650. The van der Waals surface area contributed by atoms with E-state index < -0.39 is 0 Å². The first-order valence-electron chi connectivity index (χ1n) is 13.7. The van der Waals surface area contributed by atoms with Crippen molar-refractivity contribution in [2.24, 2.45) is 0 Å². The maximum atomic E-state index is 11.6. The zero-order valence-corrected chi connectivity index (χ0v) is 21.5. The van der Waals surface area contributed by atoms with Crippen molar-refractivity contribution in [1.82, 2.24) is 0 Å². The number of hydrogen-bond acceptors (Lipinski definition) is 5. The standard InChI is InChI=1S/C27H54O5/c1-3-5-7-9-11-12-13-14-16-20-29-23-25-31-26-24-30-21-18-19-27(28)32-22-17-15-10-8-6-4-2/h3-26H2,1-2H3. The molecule has 0 radical (unpaired) electrons. The SMILES string of the molecule is CCCCCCCCCCCOCCOCCOCCCC(=O)OCCCCCCCC. The van der Waals surface area contributed by atoms with Gasteiger partial charge in [-0.05, 0) is 19.3 Å². The molecule has 0 amide bonds. The van der Waals surface area contributed by atoms with Gasteiger partial charge in [0.2, 0.25) is 0 Å². The lowest BCUT2D eigenvalue weighted by molar-refractivity contribution is -0.144. The maximum Gasteiger partial charge on any atom is 0.305 e. The Labute approximate surface area is 199 Å². The first-order valence-corrected chi connectivity index (χ1v) is 13.7. The van der Waals surface area contributed by atoms with Crippen LogP contribution in [0.2, 0.25) is 0 Å². The first kappa shape index (κ1) is 31.4. The van der Waals surface area contributed by atoms with Gasteiger partial charge in [-0.25, -0.2) is 0 Å². The topological polar surface area (TPSA) is 54.0 Å². The van der Waals surface area contributed by atoms with E-state index in [2.05, 4.69) is 13.8 Å². The number of carbonyl (C=O) groups is 1. The van der Waals surface area contributed by atoms with E-state index in [1.165, 1.54) is 77.0 Å². The van der Waals surface area contributed by atoms with E-state index in [0.29, 0.717) is 52.5 Å². The summed E-state index contributed by atoms with van der Waals surface area (Å²) in [5.74, 6) is -0.109. The van der Waals surface area contributed by atoms with Gasteiger partial charge in [-0.3, -0.25) is 4.79 Å². The van der Waals surface area contributed by atoms with Crippen LogP contribution in [0.15, 0.2) is 0 Å². The fourth-order valence-corrected chi connectivity index (χ4v) is 3.52. The Bertz CT molecular complexity index is 362. The fourth-order valence-electron chi connectivity index (χ4n) is 3.52. The van der Waals surface area contributed by atoms with Crippen molar-refractivity contribution in [1.29, 1.82) is 0 Å². The molecule has 0 aromatic carbocycles. The summed E-state index contributed by atoms with van der Waals surface area (Å²) < 4.78 is 21.9. The van der Waals surface area contributed by atoms with Gasteiger partial charge < -0.3 is 18.9 Å². The van der Waals surface area contributed by atoms with Crippen LogP contribution in [0.25, 0.3) is 0 Å². The van der Waals surface area contributed by atoms with Crippen molar-refractivity contribution in [3.8, 4) is 0 Å². The number of hydrogen-bond donors (Lipinski definition) is 0. The molecule has 0 bridgehead atoms. The summed E-state index contributed by atoms with van der Waals surface area (Å²) in [5.41, 5.74) is 0. The first-order chi connectivity index (χ1) is 15.8. The molecule has 192 valence electrons. The van der Waals surface area contributed by atoms with Crippen molar-refractivity contribution in [2.75, 3.05) is 46.2 Å². The second-order valence-corrected chi connectivity index (χ2v) is 8.76. The monoisotopic (exact) mass is 458 g/mol.